The molecule has 0 atom stereocenters. The molecular weight excluding hydrogens is 304 g/mol. The number of sulfonamides is 1. The predicted molar refractivity (Wildman–Crippen MR) is 83.5 cm³/mol. The molecule has 22 heavy (non-hydrogen) atoms. The van der Waals surface area contributed by atoms with E-state index in [1.807, 2.05) is 19.9 Å². The standard InChI is InChI=1S/C15H22N2O4S/c1-11-9-12(2)15(21-4)14(10-11)22(19,20)17-7-5-16(6-8-17)13(3)18/h9-10H,5-8H2,1-4H3. The van der Waals surface area contributed by atoms with Crippen molar-refractivity contribution in [1.29, 1.82) is 0 Å². The molecule has 122 valence electrons. The monoisotopic (exact) mass is 326 g/mol. The number of nitrogens with zero attached hydrogens (tertiary/aromatic N) is 2. The third-order valence-corrected chi connectivity index (χ3v) is 5.79. The second-order valence-electron chi connectivity index (χ2n) is 5.52. The molecule has 2 rings (SSSR count). The summed E-state index contributed by atoms with van der Waals surface area (Å²) >= 11 is 0. The molecule has 1 aliphatic heterocycles. The van der Waals surface area contributed by atoms with Crippen LogP contribution in [0, 0.1) is 13.8 Å². The number of hydrogen-bond donors (Lipinski definition) is 0. The van der Waals surface area contributed by atoms with Crippen molar-refractivity contribution in [2.45, 2.75) is 25.7 Å². The van der Waals surface area contributed by atoms with Crippen molar-refractivity contribution in [3.8, 4) is 5.75 Å². The van der Waals surface area contributed by atoms with Gasteiger partial charge in [0.2, 0.25) is 15.9 Å². The second kappa shape index (κ2) is 6.26. The van der Waals surface area contributed by atoms with Gasteiger partial charge in [0.25, 0.3) is 0 Å². The van der Waals surface area contributed by atoms with Crippen molar-refractivity contribution < 1.29 is 17.9 Å². The van der Waals surface area contributed by atoms with Gasteiger partial charge in [0.15, 0.2) is 0 Å². The Morgan fingerprint density at radius 3 is 2.23 bits per heavy atom. The summed E-state index contributed by atoms with van der Waals surface area (Å²) in [4.78, 5) is 13.2. The van der Waals surface area contributed by atoms with Gasteiger partial charge in [-0.3, -0.25) is 4.79 Å². The molecule has 0 bridgehead atoms. The second-order valence-corrected chi connectivity index (χ2v) is 7.43. The van der Waals surface area contributed by atoms with Gasteiger partial charge in [-0.05, 0) is 31.0 Å². The van der Waals surface area contributed by atoms with Gasteiger partial charge in [0.05, 0.1) is 7.11 Å². The molecule has 1 aromatic carbocycles. The molecule has 0 radical (unpaired) electrons. The number of ether oxygens (including phenoxy) is 1. The smallest absolute Gasteiger partial charge is 0.246 e. The van der Waals surface area contributed by atoms with Crippen LogP contribution in [0.2, 0.25) is 0 Å². The van der Waals surface area contributed by atoms with E-state index in [4.69, 9.17) is 4.74 Å². The lowest BCUT2D eigenvalue weighted by atomic mass is 10.1. The van der Waals surface area contributed by atoms with Gasteiger partial charge < -0.3 is 9.64 Å². The lowest BCUT2D eigenvalue weighted by Gasteiger charge is -2.33. The van der Waals surface area contributed by atoms with E-state index in [0.29, 0.717) is 31.9 Å². The predicted octanol–water partition coefficient (Wildman–Crippen LogP) is 1.16. The first-order valence-corrected chi connectivity index (χ1v) is 8.62. The zero-order valence-electron chi connectivity index (χ0n) is 13.4. The van der Waals surface area contributed by atoms with Crippen LogP contribution in [0.4, 0.5) is 0 Å². The van der Waals surface area contributed by atoms with Gasteiger partial charge in [0.1, 0.15) is 10.6 Å². The minimum absolute atomic E-state index is 0.0268. The van der Waals surface area contributed by atoms with Crippen molar-refractivity contribution in [2.75, 3.05) is 33.3 Å². The van der Waals surface area contributed by atoms with Crippen LogP contribution in [-0.4, -0.2) is 56.8 Å². The fourth-order valence-corrected chi connectivity index (χ4v) is 4.49. The molecule has 1 fully saturated rings. The number of piperazine rings is 1. The number of aryl methyl sites for hydroxylation is 2. The maximum absolute atomic E-state index is 12.9. The number of rotatable bonds is 3. The Labute approximate surface area is 131 Å². The average molecular weight is 326 g/mol. The highest BCUT2D eigenvalue weighted by molar-refractivity contribution is 7.89. The summed E-state index contributed by atoms with van der Waals surface area (Å²) in [6.45, 7) is 6.63. The SMILES string of the molecule is COc1c(C)cc(C)cc1S(=O)(=O)N1CCN(C(C)=O)CC1. The number of hydrogen-bond acceptors (Lipinski definition) is 4. The average Bonchev–Trinajstić information content (AvgIpc) is 2.46. The molecule has 7 heteroatoms. The lowest BCUT2D eigenvalue weighted by Crippen LogP contribution is -2.50. The van der Waals surface area contributed by atoms with Crippen molar-refractivity contribution in [1.82, 2.24) is 9.21 Å². The van der Waals surface area contributed by atoms with Gasteiger partial charge in [-0.1, -0.05) is 6.07 Å². The molecule has 1 aliphatic rings. The first-order valence-electron chi connectivity index (χ1n) is 7.18. The van der Waals surface area contributed by atoms with Crippen LogP contribution in [0.1, 0.15) is 18.1 Å². The first-order chi connectivity index (χ1) is 10.3. The van der Waals surface area contributed by atoms with E-state index in [9.17, 15) is 13.2 Å². The zero-order chi connectivity index (χ0) is 16.5. The maximum Gasteiger partial charge on any atom is 0.246 e. The topological polar surface area (TPSA) is 66.9 Å². The zero-order valence-corrected chi connectivity index (χ0v) is 14.2. The molecular formula is C15H22N2O4S. The largest absolute Gasteiger partial charge is 0.495 e. The van der Waals surface area contributed by atoms with Crippen molar-refractivity contribution in [3.05, 3.63) is 23.3 Å². The molecule has 0 aliphatic carbocycles. The summed E-state index contributed by atoms with van der Waals surface area (Å²) in [5, 5.41) is 0. The molecule has 0 aromatic heterocycles. The van der Waals surface area contributed by atoms with E-state index in [1.54, 1.807) is 11.0 Å². The van der Waals surface area contributed by atoms with Gasteiger partial charge in [0, 0.05) is 33.1 Å². The fraction of sp³-hybridized carbons (Fsp3) is 0.533. The highest BCUT2D eigenvalue weighted by Gasteiger charge is 2.32. The third kappa shape index (κ3) is 3.10. The minimum Gasteiger partial charge on any atom is -0.495 e. The van der Waals surface area contributed by atoms with Crippen molar-refractivity contribution in [2.24, 2.45) is 0 Å². The van der Waals surface area contributed by atoms with Gasteiger partial charge in [-0.2, -0.15) is 4.31 Å². The molecule has 6 nitrogen and oxygen atoms in total. The first kappa shape index (κ1) is 16.8. The van der Waals surface area contributed by atoms with Gasteiger partial charge in [-0.15, -0.1) is 0 Å². The Kier molecular flexibility index (Phi) is 4.77. The van der Waals surface area contributed by atoms with E-state index in [0.717, 1.165) is 11.1 Å². The molecule has 0 N–H and O–H groups in total. The number of carbonyl (C=O) groups excluding carboxylic acids is 1. The summed E-state index contributed by atoms with van der Waals surface area (Å²) < 4.78 is 32.5. The fourth-order valence-electron chi connectivity index (χ4n) is 2.75. The highest BCUT2D eigenvalue weighted by atomic mass is 32.2. The van der Waals surface area contributed by atoms with E-state index < -0.39 is 10.0 Å². The van der Waals surface area contributed by atoms with Crippen LogP contribution in [0.5, 0.6) is 5.75 Å². The maximum atomic E-state index is 12.9. The summed E-state index contributed by atoms with van der Waals surface area (Å²) in [6, 6.07) is 3.53. The van der Waals surface area contributed by atoms with Crippen LogP contribution in [0.15, 0.2) is 17.0 Å². The summed E-state index contributed by atoms with van der Waals surface area (Å²) in [5.41, 5.74) is 1.67. The summed E-state index contributed by atoms with van der Waals surface area (Å²) in [7, 11) is -2.15. The van der Waals surface area contributed by atoms with Crippen LogP contribution in [0.25, 0.3) is 0 Å². The molecule has 1 heterocycles. The number of amides is 1. The van der Waals surface area contributed by atoms with Crippen LogP contribution in [0.3, 0.4) is 0 Å². The Morgan fingerprint density at radius 1 is 1.14 bits per heavy atom. The van der Waals surface area contributed by atoms with Crippen LogP contribution >= 0.6 is 0 Å². The van der Waals surface area contributed by atoms with Crippen LogP contribution < -0.4 is 4.74 Å². The number of benzene rings is 1. The van der Waals surface area contributed by atoms with Crippen LogP contribution in [-0.2, 0) is 14.8 Å². The normalized spacial score (nSPS) is 16.6. The van der Waals surface area contributed by atoms with E-state index in [1.165, 1.54) is 18.3 Å². The van der Waals surface area contributed by atoms with E-state index in [2.05, 4.69) is 0 Å². The van der Waals surface area contributed by atoms with Gasteiger partial charge in [-0.25, -0.2) is 8.42 Å². The van der Waals surface area contributed by atoms with Gasteiger partial charge >= 0.3 is 0 Å². The molecule has 0 unspecified atom stereocenters. The lowest BCUT2D eigenvalue weighted by molar-refractivity contribution is -0.129. The van der Waals surface area contributed by atoms with Crippen molar-refractivity contribution in [3.63, 3.8) is 0 Å². The molecule has 0 saturated carbocycles. The third-order valence-electron chi connectivity index (χ3n) is 3.89. The summed E-state index contributed by atoms with van der Waals surface area (Å²) in [5.74, 6) is 0.362. The number of carbonyl (C=O) groups is 1. The number of methoxy groups -OCH3 is 1. The van der Waals surface area contributed by atoms with Crippen molar-refractivity contribution >= 4 is 15.9 Å². The Hall–Kier alpha value is -1.60. The Balaban J connectivity index is 2.34. The molecule has 1 aromatic rings. The van der Waals surface area contributed by atoms with E-state index >= 15 is 0 Å². The minimum atomic E-state index is -3.63. The Bertz CT molecular complexity index is 677. The molecule has 0 spiro atoms. The Morgan fingerprint density at radius 2 is 1.73 bits per heavy atom. The van der Waals surface area contributed by atoms with E-state index in [-0.39, 0.29) is 10.8 Å². The summed E-state index contributed by atoms with van der Waals surface area (Å²) in [6.07, 6.45) is 0. The molecule has 1 saturated heterocycles. The highest BCUT2D eigenvalue weighted by Crippen LogP contribution is 2.31. The molecule has 1 amide bonds. The quantitative estimate of drug-likeness (QED) is 0.836.